The fraction of sp³-hybridized carbons (Fsp3) is 0.571. The summed E-state index contributed by atoms with van der Waals surface area (Å²) in [5.74, 6) is 0.831. The Kier molecular flexibility index (Phi) is 5.94. The summed E-state index contributed by atoms with van der Waals surface area (Å²) >= 11 is 0. The minimum absolute atomic E-state index is 0.831. The zero-order valence-corrected chi connectivity index (χ0v) is 10.5. The lowest BCUT2D eigenvalue weighted by Crippen LogP contribution is -2.14. The molecule has 0 radical (unpaired) electrons. The van der Waals surface area contributed by atoms with Gasteiger partial charge in [-0.25, -0.2) is 0 Å². The van der Waals surface area contributed by atoms with Crippen LogP contribution in [0.3, 0.4) is 0 Å². The number of hydrogen-bond acceptors (Lipinski definition) is 2. The molecule has 0 aliphatic rings. The highest BCUT2D eigenvalue weighted by Crippen LogP contribution is 2.06. The third kappa shape index (κ3) is 5.76. The topological polar surface area (TPSA) is 38.0 Å². The molecule has 0 saturated heterocycles. The largest absolute Gasteiger partial charge is 0.399 e. The van der Waals surface area contributed by atoms with Gasteiger partial charge in [0.05, 0.1) is 0 Å². The lowest BCUT2D eigenvalue weighted by Gasteiger charge is -2.06. The molecule has 0 fully saturated rings. The van der Waals surface area contributed by atoms with Gasteiger partial charge >= 0.3 is 0 Å². The van der Waals surface area contributed by atoms with Crippen molar-refractivity contribution in [3.05, 3.63) is 29.8 Å². The van der Waals surface area contributed by atoms with E-state index in [2.05, 4.69) is 31.3 Å². The predicted octanol–water partition coefficient (Wildman–Crippen LogP) is 3.18. The van der Waals surface area contributed by atoms with E-state index in [0.29, 0.717) is 0 Å². The minimum Gasteiger partial charge on any atom is -0.399 e. The average Bonchev–Trinajstić information content (AvgIpc) is 2.25. The first kappa shape index (κ1) is 13.0. The fourth-order valence-corrected chi connectivity index (χ4v) is 1.67. The Balaban J connectivity index is 2.05. The highest BCUT2D eigenvalue weighted by molar-refractivity contribution is 5.39. The number of nitrogens with one attached hydrogen (secondary N) is 1. The van der Waals surface area contributed by atoms with Crippen LogP contribution in [0.25, 0.3) is 0 Å². The van der Waals surface area contributed by atoms with Crippen LogP contribution in [0.15, 0.2) is 24.3 Å². The van der Waals surface area contributed by atoms with E-state index in [4.69, 9.17) is 5.73 Å². The lowest BCUT2D eigenvalue weighted by atomic mass is 10.1. The van der Waals surface area contributed by atoms with Gasteiger partial charge < -0.3 is 11.1 Å². The molecule has 0 unspecified atom stereocenters. The van der Waals surface area contributed by atoms with Crippen molar-refractivity contribution in [1.29, 1.82) is 0 Å². The number of unbranched alkanes of at least 4 members (excludes halogenated alkanes) is 1. The molecular weight excluding hydrogens is 196 g/mol. The van der Waals surface area contributed by atoms with Crippen molar-refractivity contribution in [3.63, 3.8) is 0 Å². The van der Waals surface area contributed by atoms with Crippen molar-refractivity contribution in [2.45, 2.75) is 39.7 Å². The quantitative estimate of drug-likeness (QED) is 0.547. The van der Waals surface area contributed by atoms with Gasteiger partial charge in [0.25, 0.3) is 0 Å². The predicted molar refractivity (Wildman–Crippen MR) is 71.3 cm³/mol. The third-order valence-electron chi connectivity index (χ3n) is 2.69. The summed E-state index contributed by atoms with van der Waals surface area (Å²) in [5.41, 5.74) is 7.77. The molecule has 0 aliphatic heterocycles. The first-order valence-corrected chi connectivity index (χ1v) is 6.23. The molecule has 0 saturated carbocycles. The maximum Gasteiger partial charge on any atom is 0.0314 e. The number of hydrogen-bond donors (Lipinski definition) is 2. The van der Waals surface area contributed by atoms with Crippen LogP contribution in [0.5, 0.6) is 0 Å². The number of rotatable bonds is 7. The van der Waals surface area contributed by atoms with Crippen LogP contribution in [-0.4, -0.2) is 6.54 Å². The Morgan fingerprint density at radius 1 is 1.12 bits per heavy atom. The molecule has 16 heavy (non-hydrogen) atoms. The SMILES string of the molecule is CC(C)CCCCNCc1ccc(N)cc1. The van der Waals surface area contributed by atoms with Crippen LogP contribution in [0, 0.1) is 5.92 Å². The zero-order chi connectivity index (χ0) is 11.8. The molecule has 1 aromatic rings. The maximum absolute atomic E-state index is 5.63. The molecule has 0 bridgehead atoms. The average molecular weight is 220 g/mol. The Labute approximate surface area is 99.2 Å². The zero-order valence-electron chi connectivity index (χ0n) is 10.5. The summed E-state index contributed by atoms with van der Waals surface area (Å²) in [6.07, 6.45) is 3.93. The molecule has 90 valence electrons. The van der Waals surface area contributed by atoms with Gasteiger partial charge in [-0.2, -0.15) is 0 Å². The number of nitrogen functional groups attached to an aromatic ring is 1. The van der Waals surface area contributed by atoms with Crippen LogP contribution >= 0.6 is 0 Å². The fourth-order valence-electron chi connectivity index (χ4n) is 1.67. The van der Waals surface area contributed by atoms with Gasteiger partial charge in [0.1, 0.15) is 0 Å². The van der Waals surface area contributed by atoms with Crippen LogP contribution in [-0.2, 0) is 6.54 Å². The van der Waals surface area contributed by atoms with Crippen LogP contribution in [0.2, 0.25) is 0 Å². The number of anilines is 1. The smallest absolute Gasteiger partial charge is 0.0314 e. The van der Waals surface area contributed by atoms with Crippen molar-refractivity contribution < 1.29 is 0 Å². The molecule has 1 aromatic carbocycles. The van der Waals surface area contributed by atoms with Crippen molar-refractivity contribution in [1.82, 2.24) is 5.32 Å². The molecule has 2 nitrogen and oxygen atoms in total. The van der Waals surface area contributed by atoms with E-state index in [1.54, 1.807) is 0 Å². The van der Waals surface area contributed by atoms with E-state index in [1.807, 2.05) is 12.1 Å². The van der Waals surface area contributed by atoms with Gasteiger partial charge in [0.2, 0.25) is 0 Å². The van der Waals surface area contributed by atoms with Crippen molar-refractivity contribution in [2.75, 3.05) is 12.3 Å². The van der Waals surface area contributed by atoms with E-state index >= 15 is 0 Å². The summed E-state index contributed by atoms with van der Waals surface area (Å²) < 4.78 is 0. The first-order valence-electron chi connectivity index (χ1n) is 6.23. The summed E-state index contributed by atoms with van der Waals surface area (Å²) in [4.78, 5) is 0. The molecule has 0 aliphatic carbocycles. The summed E-state index contributed by atoms with van der Waals surface area (Å²) in [6, 6.07) is 8.07. The van der Waals surface area contributed by atoms with E-state index in [-0.39, 0.29) is 0 Å². The Bertz CT molecular complexity index is 277. The highest BCUT2D eigenvalue weighted by Gasteiger charge is 1.95. The highest BCUT2D eigenvalue weighted by atomic mass is 14.8. The van der Waals surface area contributed by atoms with Crippen LogP contribution in [0.4, 0.5) is 5.69 Å². The Morgan fingerprint density at radius 2 is 1.81 bits per heavy atom. The van der Waals surface area contributed by atoms with Gasteiger partial charge in [-0.05, 0) is 36.6 Å². The monoisotopic (exact) mass is 220 g/mol. The van der Waals surface area contributed by atoms with Gasteiger partial charge in [0.15, 0.2) is 0 Å². The summed E-state index contributed by atoms with van der Waals surface area (Å²) in [6.45, 7) is 6.61. The van der Waals surface area contributed by atoms with Gasteiger partial charge in [-0.15, -0.1) is 0 Å². The first-order chi connectivity index (χ1) is 7.68. The van der Waals surface area contributed by atoms with E-state index in [1.165, 1.54) is 24.8 Å². The second-order valence-corrected chi connectivity index (χ2v) is 4.81. The second-order valence-electron chi connectivity index (χ2n) is 4.81. The maximum atomic E-state index is 5.63. The van der Waals surface area contributed by atoms with Crippen molar-refractivity contribution >= 4 is 5.69 Å². The van der Waals surface area contributed by atoms with Crippen LogP contribution < -0.4 is 11.1 Å². The van der Waals surface area contributed by atoms with Crippen molar-refractivity contribution in [3.8, 4) is 0 Å². The molecule has 2 heteroatoms. The molecule has 0 amide bonds. The molecule has 3 N–H and O–H groups in total. The minimum atomic E-state index is 0.831. The van der Waals surface area contributed by atoms with E-state index in [0.717, 1.165) is 24.7 Å². The normalized spacial score (nSPS) is 10.9. The molecule has 0 spiro atoms. The van der Waals surface area contributed by atoms with E-state index in [9.17, 15) is 0 Å². The summed E-state index contributed by atoms with van der Waals surface area (Å²) in [5, 5.41) is 3.45. The molecule has 0 atom stereocenters. The molecule has 0 aromatic heterocycles. The van der Waals surface area contributed by atoms with Gasteiger partial charge in [0, 0.05) is 12.2 Å². The molecular formula is C14H24N2. The van der Waals surface area contributed by atoms with Gasteiger partial charge in [-0.3, -0.25) is 0 Å². The molecule has 1 rings (SSSR count). The lowest BCUT2D eigenvalue weighted by molar-refractivity contribution is 0.520. The van der Waals surface area contributed by atoms with Crippen LogP contribution in [0.1, 0.15) is 38.7 Å². The number of nitrogens with two attached hydrogens (primary N) is 1. The Hall–Kier alpha value is -1.02. The second kappa shape index (κ2) is 7.29. The summed E-state index contributed by atoms with van der Waals surface area (Å²) in [7, 11) is 0. The van der Waals surface area contributed by atoms with Gasteiger partial charge in [-0.1, -0.05) is 38.8 Å². The number of benzene rings is 1. The van der Waals surface area contributed by atoms with Crippen molar-refractivity contribution in [2.24, 2.45) is 5.92 Å². The standard InChI is InChI=1S/C14H24N2/c1-12(2)5-3-4-10-16-11-13-6-8-14(15)9-7-13/h6-9,12,16H,3-5,10-11,15H2,1-2H3. The third-order valence-corrected chi connectivity index (χ3v) is 2.69. The Morgan fingerprint density at radius 3 is 2.44 bits per heavy atom. The van der Waals surface area contributed by atoms with E-state index < -0.39 is 0 Å². The molecule has 0 heterocycles.